The van der Waals surface area contributed by atoms with Crippen molar-refractivity contribution in [2.24, 2.45) is 11.8 Å². The van der Waals surface area contributed by atoms with Crippen molar-refractivity contribution in [3.63, 3.8) is 0 Å². The molecule has 0 radical (unpaired) electrons. The highest BCUT2D eigenvalue weighted by molar-refractivity contribution is 7.89. The van der Waals surface area contributed by atoms with Crippen molar-refractivity contribution in [3.8, 4) is 0 Å². The molecule has 2 heterocycles. The average Bonchev–Trinajstić information content (AvgIpc) is 2.63. The molecule has 0 atom stereocenters. The van der Waals surface area contributed by atoms with Crippen molar-refractivity contribution >= 4 is 21.6 Å². The Morgan fingerprint density at radius 2 is 1.69 bits per heavy atom. The van der Waals surface area contributed by atoms with E-state index < -0.39 is 15.8 Å². The molecule has 1 N–H and O–H groups in total. The summed E-state index contributed by atoms with van der Waals surface area (Å²) >= 11 is 5.95. The SMILES string of the molecule is O=S(=O)(c1ccc(F)cc1Cl)N1CCC(CCCC2CCNCC2)CC1. The van der Waals surface area contributed by atoms with E-state index in [2.05, 4.69) is 5.32 Å². The molecule has 0 saturated carbocycles. The normalized spacial score (nSPS) is 21.2. The molecule has 2 aliphatic heterocycles. The van der Waals surface area contributed by atoms with Crippen molar-refractivity contribution in [1.29, 1.82) is 0 Å². The first-order valence-electron chi connectivity index (χ1n) is 9.63. The molecule has 7 heteroatoms. The Kier molecular flexibility index (Phi) is 6.94. The third-order valence-corrected chi connectivity index (χ3v) is 8.15. The maximum Gasteiger partial charge on any atom is 0.244 e. The highest BCUT2D eigenvalue weighted by Crippen LogP contribution is 2.31. The monoisotopic (exact) mass is 402 g/mol. The Labute approximate surface area is 161 Å². The molecule has 1 aromatic carbocycles. The number of halogens is 2. The van der Waals surface area contributed by atoms with Crippen LogP contribution >= 0.6 is 11.6 Å². The molecule has 2 aliphatic rings. The maximum atomic E-state index is 13.2. The van der Waals surface area contributed by atoms with Gasteiger partial charge in [-0.05, 0) is 68.8 Å². The fourth-order valence-corrected chi connectivity index (χ4v) is 6.10. The lowest BCUT2D eigenvalue weighted by Gasteiger charge is -2.32. The zero-order chi connectivity index (χ0) is 18.6. The smallest absolute Gasteiger partial charge is 0.244 e. The first kappa shape index (κ1) is 20.1. The summed E-state index contributed by atoms with van der Waals surface area (Å²) in [6, 6.07) is 3.46. The van der Waals surface area contributed by atoms with Gasteiger partial charge >= 0.3 is 0 Å². The molecule has 4 nitrogen and oxygen atoms in total. The molecule has 0 aliphatic carbocycles. The molecule has 0 aromatic heterocycles. The minimum Gasteiger partial charge on any atom is -0.317 e. The molecule has 0 unspecified atom stereocenters. The lowest BCUT2D eigenvalue weighted by Crippen LogP contribution is -2.38. The lowest BCUT2D eigenvalue weighted by molar-refractivity contribution is 0.250. The standard InChI is InChI=1S/C19H28ClFN2O2S/c20-18-14-17(21)4-5-19(18)26(24,25)23-12-8-16(9-13-23)3-1-2-15-6-10-22-11-7-15/h4-5,14-16,22H,1-3,6-13H2. The Morgan fingerprint density at radius 1 is 1.08 bits per heavy atom. The molecule has 0 spiro atoms. The van der Waals surface area contributed by atoms with Gasteiger partial charge in [0.1, 0.15) is 10.7 Å². The Hall–Kier alpha value is -0.690. The van der Waals surface area contributed by atoms with E-state index in [0.717, 1.165) is 44.0 Å². The number of nitrogens with one attached hydrogen (secondary N) is 1. The Bertz CT molecular complexity index is 699. The van der Waals surface area contributed by atoms with E-state index >= 15 is 0 Å². The average molecular weight is 403 g/mol. The van der Waals surface area contributed by atoms with Crippen molar-refractivity contribution in [3.05, 3.63) is 29.0 Å². The summed E-state index contributed by atoms with van der Waals surface area (Å²) in [6.45, 7) is 3.34. The molecule has 3 rings (SSSR count). The van der Waals surface area contributed by atoms with Gasteiger partial charge in [0.25, 0.3) is 0 Å². The highest BCUT2D eigenvalue weighted by Gasteiger charge is 2.30. The van der Waals surface area contributed by atoms with E-state index in [1.807, 2.05) is 0 Å². The van der Waals surface area contributed by atoms with Gasteiger partial charge in [-0.15, -0.1) is 0 Å². The number of hydrogen-bond donors (Lipinski definition) is 1. The van der Waals surface area contributed by atoms with Gasteiger partial charge in [-0.3, -0.25) is 0 Å². The van der Waals surface area contributed by atoms with Gasteiger partial charge in [0.2, 0.25) is 10.0 Å². The summed E-state index contributed by atoms with van der Waals surface area (Å²) in [4.78, 5) is 0.00456. The molecule has 0 bridgehead atoms. The first-order valence-corrected chi connectivity index (χ1v) is 11.4. The van der Waals surface area contributed by atoms with Gasteiger partial charge in [0.15, 0.2) is 0 Å². The molecule has 1 aromatic rings. The van der Waals surface area contributed by atoms with Crippen molar-refractivity contribution in [2.45, 2.75) is 49.8 Å². The first-order chi connectivity index (χ1) is 12.5. The van der Waals surface area contributed by atoms with Crippen LogP contribution in [0.3, 0.4) is 0 Å². The molecular formula is C19H28ClFN2O2S. The summed E-state index contributed by atoms with van der Waals surface area (Å²) < 4.78 is 40.2. The number of sulfonamides is 1. The van der Waals surface area contributed by atoms with E-state index in [0.29, 0.717) is 19.0 Å². The molecular weight excluding hydrogens is 375 g/mol. The minimum atomic E-state index is -3.64. The zero-order valence-electron chi connectivity index (χ0n) is 15.1. The van der Waals surface area contributed by atoms with E-state index in [4.69, 9.17) is 11.6 Å². The third-order valence-electron chi connectivity index (χ3n) is 5.77. The summed E-state index contributed by atoms with van der Waals surface area (Å²) in [5.41, 5.74) is 0. The van der Waals surface area contributed by atoms with E-state index in [9.17, 15) is 12.8 Å². The van der Waals surface area contributed by atoms with E-state index in [-0.39, 0.29) is 9.92 Å². The van der Waals surface area contributed by atoms with Crippen LogP contribution in [0.2, 0.25) is 5.02 Å². The second-order valence-electron chi connectivity index (χ2n) is 7.55. The van der Waals surface area contributed by atoms with Crippen LogP contribution in [0.4, 0.5) is 4.39 Å². The van der Waals surface area contributed by atoms with Crippen LogP contribution in [0.25, 0.3) is 0 Å². The summed E-state index contributed by atoms with van der Waals surface area (Å²) in [7, 11) is -3.64. The van der Waals surface area contributed by atoms with Gasteiger partial charge in [-0.25, -0.2) is 12.8 Å². The third kappa shape index (κ3) is 4.97. The largest absolute Gasteiger partial charge is 0.317 e. The number of rotatable bonds is 6. The van der Waals surface area contributed by atoms with Crippen LogP contribution in [0.15, 0.2) is 23.1 Å². The van der Waals surface area contributed by atoms with Crippen LogP contribution in [0, 0.1) is 17.7 Å². The van der Waals surface area contributed by atoms with Crippen LogP contribution in [-0.2, 0) is 10.0 Å². The van der Waals surface area contributed by atoms with Crippen molar-refractivity contribution in [1.82, 2.24) is 9.62 Å². The van der Waals surface area contributed by atoms with Crippen LogP contribution in [0.1, 0.15) is 44.9 Å². The minimum absolute atomic E-state index is 0.00456. The van der Waals surface area contributed by atoms with Gasteiger partial charge in [-0.2, -0.15) is 4.31 Å². The Balaban J connectivity index is 1.48. The van der Waals surface area contributed by atoms with Crippen molar-refractivity contribution < 1.29 is 12.8 Å². The van der Waals surface area contributed by atoms with Crippen LogP contribution in [0.5, 0.6) is 0 Å². The molecule has 0 amide bonds. The number of nitrogens with zero attached hydrogens (tertiary/aromatic N) is 1. The predicted octanol–water partition coefficient (Wildman–Crippen LogP) is 4.05. The number of hydrogen-bond acceptors (Lipinski definition) is 3. The zero-order valence-corrected chi connectivity index (χ0v) is 16.7. The van der Waals surface area contributed by atoms with Crippen LogP contribution < -0.4 is 5.32 Å². The molecule has 2 fully saturated rings. The Morgan fingerprint density at radius 3 is 2.31 bits per heavy atom. The number of benzene rings is 1. The summed E-state index contributed by atoms with van der Waals surface area (Å²) in [6.07, 6.45) is 8.09. The second-order valence-corrected chi connectivity index (χ2v) is 9.86. The molecule has 146 valence electrons. The highest BCUT2D eigenvalue weighted by atomic mass is 35.5. The van der Waals surface area contributed by atoms with Gasteiger partial charge in [-0.1, -0.05) is 30.9 Å². The fourth-order valence-electron chi connectivity index (χ4n) is 4.13. The van der Waals surface area contributed by atoms with Crippen molar-refractivity contribution in [2.75, 3.05) is 26.2 Å². The molecule has 2 saturated heterocycles. The van der Waals surface area contributed by atoms with Gasteiger partial charge < -0.3 is 5.32 Å². The molecule has 26 heavy (non-hydrogen) atoms. The maximum absolute atomic E-state index is 13.2. The topological polar surface area (TPSA) is 49.4 Å². The van der Waals surface area contributed by atoms with E-state index in [1.54, 1.807) is 0 Å². The van der Waals surface area contributed by atoms with E-state index in [1.165, 1.54) is 42.5 Å². The quantitative estimate of drug-likeness (QED) is 0.780. The fraction of sp³-hybridized carbons (Fsp3) is 0.684. The predicted molar refractivity (Wildman–Crippen MR) is 102 cm³/mol. The van der Waals surface area contributed by atoms with Crippen LogP contribution in [-0.4, -0.2) is 38.9 Å². The summed E-state index contributed by atoms with van der Waals surface area (Å²) in [5, 5.41) is 3.35. The number of piperidine rings is 2. The van der Waals surface area contributed by atoms with Gasteiger partial charge in [0, 0.05) is 13.1 Å². The summed E-state index contributed by atoms with van der Waals surface area (Å²) in [5.74, 6) is 0.936. The lowest BCUT2D eigenvalue weighted by atomic mass is 9.87. The second kappa shape index (κ2) is 9.00. The van der Waals surface area contributed by atoms with Gasteiger partial charge in [0.05, 0.1) is 5.02 Å².